The molecule has 0 fully saturated rings. The summed E-state index contributed by atoms with van der Waals surface area (Å²) in [5, 5.41) is 12.2. The maximum Gasteiger partial charge on any atom is 0.326 e. The average molecular weight is 721 g/mol. The number of ether oxygens (including phenoxy) is 1. The highest BCUT2D eigenvalue weighted by molar-refractivity contribution is 5.99. The molecule has 4 rings (SSSR count). The Morgan fingerprint density at radius 3 is 2.02 bits per heavy atom. The molecule has 2 amide bonds. The molecule has 0 aliphatic carbocycles. The van der Waals surface area contributed by atoms with Crippen LogP contribution >= 0.6 is 0 Å². The fraction of sp³-hybridized carbons (Fsp3) is 0.395. The van der Waals surface area contributed by atoms with Gasteiger partial charge < -0.3 is 20.9 Å². The van der Waals surface area contributed by atoms with Crippen molar-refractivity contribution in [3.05, 3.63) is 102 Å². The van der Waals surface area contributed by atoms with E-state index in [0.717, 1.165) is 40.0 Å². The summed E-state index contributed by atoms with van der Waals surface area (Å²) in [6, 6.07) is 21.3. The molecule has 4 N–H and O–H groups in total. The van der Waals surface area contributed by atoms with Crippen molar-refractivity contribution in [2.75, 3.05) is 6.61 Å². The van der Waals surface area contributed by atoms with Crippen LogP contribution in [0.15, 0.2) is 85.2 Å². The first-order valence-corrected chi connectivity index (χ1v) is 18.4. The van der Waals surface area contributed by atoms with Gasteiger partial charge in [0.2, 0.25) is 11.8 Å². The third-order valence-electron chi connectivity index (χ3n) is 9.22. The minimum atomic E-state index is -1.32. The number of carboxylic acids is 1. The van der Waals surface area contributed by atoms with Gasteiger partial charge in [0, 0.05) is 47.8 Å². The summed E-state index contributed by atoms with van der Waals surface area (Å²) in [6.45, 7) is 9.17. The molecule has 0 aliphatic rings. The van der Waals surface area contributed by atoms with Crippen molar-refractivity contribution in [3.8, 4) is 28.3 Å². The molecule has 0 radical (unpaired) electrons. The highest BCUT2D eigenvalue weighted by Gasteiger charge is 2.28. The molecular formula is C43H52N4O6. The summed E-state index contributed by atoms with van der Waals surface area (Å²) in [7, 11) is 0. The minimum Gasteiger partial charge on any atom is -0.494 e. The van der Waals surface area contributed by atoms with Crippen molar-refractivity contribution < 1.29 is 29.0 Å². The smallest absolute Gasteiger partial charge is 0.326 e. The van der Waals surface area contributed by atoms with E-state index in [2.05, 4.69) is 43.0 Å². The van der Waals surface area contributed by atoms with Gasteiger partial charge >= 0.3 is 5.97 Å². The van der Waals surface area contributed by atoms with E-state index in [1.165, 1.54) is 25.7 Å². The molecule has 2 atom stereocenters. The van der Waals surface area contributed by atoms with Gasteiger partial charge in [-0.3, -0.25) is 14.4 Å². The quantitative estimate of drug-likeness (QED) is 0.0618. The molecule has 1 unspecified atom stereocenters. The van der Waals surface area contributed by atoms with E-state index in [1.54, 1.807) is 24.5 Å². The van der Waals surface area contributed by atoms with Gasteiger partial charge in [-0.2, -0.15) is 0 Å². The normalized spacial score (nSPS) is 12.5. The number of hydrogen-bond donors (Lipinski definition) is 3. The summed E-state index contributed by atoms with van der Waals surface area (Å²) in [5.41, 5.74) is 10.1. The van der Waals surface area contributed by atoms with Gasteiger partial charge in [0.05, 0.1) is 6.61 Å². The Kier molecular flexibility index (Phi) is 14.8. The first-order valence-electron chi connectivity index (χ1n) is 18.4. The van der Waals surface area contributed by atoms with Crippen LogP contribution in [0.2, 0.25) is 0 Å². The molecular weight excluding hydrogens is 668 g/mol. The monoisotopic (exact) mass is 720 g/mol. The van der Waals surface area contributed by atoms with Gasteiger partial charge in [-0.15, -0.1) is 0 Å². The van der Waals surface area contributed by atoms with E-state index >= 15 is 0 Å². The number of ketones is 1. The van der Waals surface area contributed by atoms with Crippen LogP contribution in [0.25, 0.3) is 22.5 Å². The maximum atomic E-state index is 13.5. The Bertz CT molecular complexity index is 1800. The number of nitrogens with zero attached hydrogens (tertiary/aromatic N) is 2. The van der Waals surface area contributed by atoms with Crippen LogP contribution in [-0.4, -0.2) is 51.3 Å². The number of carbonyl (C=O) groups is 4. The second kappa shape index (κ2) is 19.5. The molecule has 1 heterocycles. The van der Waals surface area contributed by atoms with Crippen LogP contribution in [0.4, 0.5) is 0 Å². The van der Waals surface area contributed by atoms with E-state index in [9.17, 15) is 24.3 Å². The summed E-state index contributed by atoms with van der Waals surface area (Å²) in [5.74, 6) is -2.28. The number of aliphatic carboxylic acids is 1. The van der Waals surface area contributed by atoms with Gasteiger partial charge in [-0.1, -0.05) is 114 Å². The Balaban J connectivity index is 1.44. The summed E-state index contributed by atoms with van der Waals surface area (Å²) in [6.07, 6.45) is 9.19. The number of carboxylic acid groups (broad SMARTS) is 1. The zero-order valence-electron chi connectivity index (χ0n) is 31.3. The number of nitrogens with two attached hydrogens (primary N) is 1. The van der Waals surface area contributed by atoms with Crippen LogP contribution in [0.5, 0.6) is 5.75 Å². The molecule has 0 spiro atoms. The number of primary amides is 1. The zero-order valence-corrected chi connectivity index (χ0v) is 31.3. The number of rotatable bonds is 20. The fourth-order valence-corrected chi connectivity index (χ4v) is 5.93. The highest BCUT2D eigenvalue weighted by atomic mass is 16.5. The molecule has 53 heavy (non-hydrogen) atoms. The Morgan fingerprint density at radius 2 is 1.43 bits per heavy atom. The van der Waals surface area contributed by atoms with Crippen LogP contribution in [0, 0.1) is 5.92 Å². The topological polar surface area (TPSA) is 162 Å². The number of Topliss-reactive ketones (excluding diaryl/α,β-unsaturated/α-hetero) is 1. The number of hydrogen-bond acceptors (Lipinski definition) is 7. The van der Waals surface area contributed by atoms with Crippen molar-refractivity contribution in [2.24, 2.45) is 11.7 Å². The Hall–Kier alpha value is -5.38. The number of nitrogens with one attached hydrogen (secondary N) is 1. The molecule has 10 nitrogen and oxygen atoms in total. The first kappa shape index (κ1) is 40.4. The van der Waals surface area contributed by atoms with E-state index < -0.39 is 29.7 Å². The maximum absolute atomic E-state index is 13.5. The highest BCUT2D eigenvalue weighted by Crippen LogP contribution is 2.26. The number of carbonyl (C=O) groups excluding carboxylic acids is 3. The molecule has 0 saturated carbocycles. The molecule has 4 aromatic rings. The SMILES string of the molecule is CCCCCCCOc1ccc(-c2cnc(-c3ccc(C[C@H](CC(=O)c4ccc(C(C)(C)C)cc4)C(=O)NC(CCC(N)=O)C(=O)O)cc3)nc2)cc1. The largest absolute Gasteiger partial charge is 0.494 e. The summed E-state index contributed by atoms with van der Waals surface area (Å²) < 4.78 is 5.89. The van der Waals surface area contributed by atoms with Crippen LogP contribution in [0.1, 0.15) is 101 Å². The van der Waals surface area contributed by atoms with E-state index in [-0.39, 0.29) is 36.9 Å². The lowest BCUT2D eigenvalue weighted by Gasteiger charge is -2.21. The van der Waals surface area contributed by atoms with E-state index in [1.807, 2.05) is 60.7 Å². The second-order valence-corrected chi connectivity index (χ2v) is 14.5. The number of aromatic nitrogens is 2. The van der Waals surface area contributed by atoms with Gasteiger partial charge in [0.15, 0.2) is 11.6 Å². The number of benzene rings is 3. The predicted molar refractivity (Wildman–Crippen MR) is 206 cm³/mol. The van der Waals surface area contributed by atoms with Crippen LogP contribution in [-0.2, 0) is 26.2 Å². The molecule has 0 saturated heterocycles. The van der Waals surface area contributed by atoms with Gasteiger partial charge in [-0.25, -0.2) is 14.8 Å². The second-order valence-electron chi connectivity index (χ2n) is 14.5. The molecule has 1 aromatic heterocycles. The van der Waals surface area contributed by atoms with Gasteiger partial charge in [0.1, 0.15) is 11.8 Å². The molecule has 0 aliphatic heterocycles. The van der Waals surface area contributed by atoms with Crippen molar-refractivity contribution >= 4 is 23.6 Å². The standard InChI is InChI=1S/C43H52N4O6/c1-5-6-7-8-9-24-53-36-20-16-30(17-21-36)34-27-45-40(46-28-34)32-12-10-29(11-13-32)25-33(41(50)47-37(42(51)52)22-23-39(44)49)26-38(48)31-14-18-35(19-15-31)43(2,3)4/h10-21,27-28,33,37H,5-9,22-26H2,1-4H3,(H2,44,49)(H,47,50)(H,51,52)/t33-,37?/m1/s1. The third-order valence-corrected chi connectivity index (χ3v) is 9.22. The summed E-state index contributed by atoms with van der Waals surface area (Å²) >= 11 is 0. The predicted octanol–water partition coefficient (Wildman–Crippen LogP) is 7.72. The Morgan fingerprint density at radius 1 is 0.811 bits per heavy atom. The number of unbranched alkanes of at least 4 members (excludes halogenated alkanes) is 4. The molecule has 280 valence electrons. The molecule has 0 bridgehead atoms. The molecule has 10 heteroatoms. The van der Waals surface area contributed by atoms with Gasteiger partial charge in [-0.05, 0) is 53.5 Å². The lowest BCUT2D eigenvalue weighted by Crippen LogP contribution is -2.45. The number of amides is 2. The third kappa shape index (κ3) is 12.7. The summed E-state index contributed by atoms with van der Waals surface area (Å²) in [4.78, 5) is 59.3. The average Bonchev–Trinajstić information content (AvgIpc) is 3.14. The van der Waals surface area contributed by atoms with Crippen molar-refractivity contribution in [2.45, 2.75) is 96.9 Å². The lowest BCUT2D eigenvalue weighted by molar-refractivity contribution is -0.142. The fourth-order valence-electron chi connectivity index (χ4n) is 5.93. The van der Waals surface area contributed by atoms with Crippen LogP contribution < -0.4 is 15.8 Å². The van der Waals surface area contributed by atoms with Crippen molar-refractivity contribution in [1.29, 1.82) is 0 Å². The van der Waals surface area contributed by atoms with Crippen molar-refractivity contribution in [1.82, 2.24) is 15.3 Å². The van der Waals surface area contributed by atoms with Gasteiger partial charge in [0.25, 0.3) is 0 Å². The lowest BCUT2D eigenvalue weighted by atomic mass is 9.85. The molecule has 3 aromatic carbocycles. The van der Waals surface area contributed by atoms with Crippen molar-refractivity contribution in [3.63, 3.8) is 0 Å². The zero-order chi connectivity index (χ0) is 38.4. The first-order chi connectivity index (χ1) is 25.3. The van der Waals surface area contributed by atoms with Crippen LogP contribution in [0.3, 0.4) is 0 Å². The van der Waals surface area contributed by atoms with E-state index in [0.29, 0.717) is 18.0 Å². The minimum absolute atomic E-state index is 0.0886. The van der Waals surface area contributed by atoms with E-state index in [4.69, 9.17) is 10.5 Å². The Labute approximate surface area is 312 Å².